The van der Waals surface area contributed by atoms with E-state index in [0.717, 1.165) is 19.3 Å². The lowest BCUT2D eigenvalue weighted by atomic mass is 10.2. The molecule has 1 amide bonds. The predicted octanol–water partition coefficient (Wildman–Crippen LogP) is 4.47. The van der Waals surface area contributed by atoms with E-state index in [1.165, 1.54) is 0 Å². The molecule has 1 aromatic carbocycles. The highest BCUT2D eigenvalue weighted by molar-refractivity contribution is 6.68. The van der Waals surface area contributed by atoms with E-state index in [1.54, 1.807) is 31.4 Å². The highest BCUT2D eigenvalue weighted by Gasteiger charge is 2.36. The Kier molecular flexibility index (Phi) is 8.15. The number of methoxy groups -OCH3 is 1. The highest BCUT2D eigenvalue weighted by atomic mass is 35.6. The van der Waals surface area contributed by atoms with Crippen molar-refractivity contribution in [3.05, 3.63) is 24.3 Å². The molecule has 0 aliphatic heterocycles. The summed E-state index contributed by atoms with van der Waals surface area (Å²) in [7, 11) is 1.57. The maximum Gasteiger partial charge on any atom is 0.246 e. The van der Waals surface area contributed by atoms with Crippen LogP contribution in [0.15, 0.2) is 24.3 Å². The number of unbranched alkanes of at least 4 members (excludes halogenated alkanes) is 2. The molecule has 4 nitrogen and oxygen atoms in total. The van der Waals surface area contributed by atoms with Crippen LogP contribution in [0.1, 0.15) is 32.6 Å². The maximum atomic E-state index is 11.9. The Balaban J connectivity index is 2.66. The van der Waals surface area contributed by atoms with E-state index in [0.29, 0.717) is 17.9 Å². The van der Waals surface area contributed by atoms with E-state index in [4.69, 9.17) is 44.3 Å². The first-order chi connectivity index (χ1) is 10.4. The van der Waals surface area contributed by atoms with Crippen molar-refractivity contribution in [2.45, 2.75) is 42.6 Å². The molecule has 0 aromatic heterocycles. The van der Waals surface area contributed by atoms with Crippen LogP contribution in [0.4, 0.5) is 0 Å². The Hall–Kier alpha value is -0.840. The molecule has 124 valence electrons. The van der Waals surface area contributed by atoms with Crippen LogP contribution in [0.2, 0.25) is 0 Å². The molecule has 0 fully saturated rings. The second-order valence-electron chi connectivity index (χ2n) is 4.74. The monoisotopic (exact) mass is 367 g/mol. The number of amides is 1. The highest BCUT2D eigenvalue weighted by Crippen LogP contribution is 2.32. The Morgan fingerprint density at radius 3 is 2.27 bits per heavy atom. The number of carbonyl (C=O) groups is 1. The molecular formula is C15H20Cl3NO3. The number of carbonyl (C=O) groups excluding carboxylic acids is 1. The summed E-state index contributed by atoms with van der Waals surface area (Å²) < 4.78 is 8.85. The molecule has 0 aliphatic rings. The van der Waals surface area contributed by atoms with Crippen molar-refractivity contribution in [3.8, 4) is 11.5 Å². The molecule has 1 aromatic rings. The first kappa shape index (κ1) is 19.2. The summed E-state index contributed by atoms with van der Waals surface area (Å²) in [6.45, 7) is 2.06. The quantitative estimate of drug-likeness (QED) is 0.418. The van der Waals surface area contributed by atoms with E-state index in [2.05, 4.69) is 12.2 Å². The number of hydrogen-bond acceptors (Lipinski definition) is 3. The van der Waals surface area contributed by atoms with Gasteiger partial charge in [-0.15, -0.1) is 0 Å². The summed E-state index contributed by atoms with van der Waals surface area (Å²) in [5.41, 5.74) is 0. The Labute approximate surface area is 146 Å². The third-order valence-electron chi connectivity index (χ3n) is 2.91. The maximum absolute atomic E-state index is 11.9. The van der Waals surface area contributed by atoms with Gasteiger partial charge in [0.2, 0.25) is 15.9 Å². The molecule has 0 bridgehead atoms. The minimum absolute atomic E-state index is 0.210. The van der Waals surface area contributed by atoms with Gasteiger partial charge in [-0.05, 0) is 30.7 Å². The van der Waals surface area contributed by atoms with Gasteiger partial charge in [-0.2, -0.15) is 0 Å². The second kappa shape index (κ2) is 9.33. The van der Waals surface area contributed by atoms with Gasteiger partial charge in [-0.3, -0.25) is 4.79 Å². The molecule has 22 heavy (non-hydrogen) atoms. The lowest BCUT2D eigenvalue weighted by Gasteiger charge is -2.26. The summed E-state index contributed by atoms with van der Waals surface area (Å²) in [6.07, 6.45) is 2.10. The molecule has 0 spiro atoms. The molecule has 0 saturated heterocycles. The first-order valence-electron chi connectivity index (χ1n) is 7.03. The Bertz CT molecular complexity index is 460. The van der Waals surface area contributed by atoms with Crippen molar-refractivity contribution >= 4 is 40.7 Å². The van der Waals surface area contributed by atoms with Crippen LogP contribution in [0.5, 0.6) is 11.5 Å². The van der Waals surface area contributed by atoms with Crippen LogP contribution < -0.4 is 14.8 Å². The van der Waals surface area contributed by atoms with Crippen molar-refractivity contribution in [1.82, 2.24) is 5.32 Å². The fourth-order valence-electron chi connectivity index (χ4n) is 1.72. The summed E-state index contributed by atoms with van der Waals surface area (Å²) in [6, 6.07) is 6.78. The smallest absolute Gasteiger partial charge is 0.246 e. The molecule has 0 unspecified atom stereocenters. The molecule has 0 radical (unpaired) electrons. The number of hydrogen-bond donors (Lipinski definition) is 1. The van der Waals surface area contributed by atoms with Gasteiger partial charge < -0.3 is 14.8 Å². The lowest BCUT2D eigenvalue weighted by molar-refractivity contribution is -0.123. The lowest BCUT2D eigenvalue weighted by Crippen LogP contribution is -2.47. The fourth-order valence-corrected chi connectivity index (χ4v) is 2.02. The zero-order valence-electron chi connectivity index (χ0n) is 12.6. The van der Waals surface area contributed by atoms with Crippen LogP contribution in [0.3, 0.4) is 0 Å². The van der Waals surface area contributed by atoms with Crippen molar-refractivity contribution in [1.29, 1.82) is 0 Å². The molecular weight excluding hydrogens is 349 g/mol. The van der Waals surface area contributed by atoms with Gasteiger partial charge in [0.15, 0.2) is 0 Å². The minimum Gasteiger partial charge on any atom is -0.497 e. The van der Waals surface area contributed by atoms with Crippen LogP contribution in [0, 0.1) is 0 Å². The predicted molar refractivity (Wildman–Crippen MR) is 90.0 cm³/mol. The van der Waals surface area contributed by atoms with E-state index in [9.17, 15) is 4.79 Å². The topological polar surface area (TPSA) is 47.6 Å². The van der Waals surface area contributed by atoms with E-state index in [-0.39, 0.29) is 5.91 Å². The molecule has 1 rings (SSSR count). The zero-order valence-corrected chi connectivity index (χ0v) is 14.8. The van der Waals surface area contributed by atoms with Crippen LogP contribution in [0.25, 0.3) is 0 Å². The van der Waals surface area contributed by atoms with Crippen molar-refractivity contribution < 1.29 is 14.3 Å². The largest absolute Gasteiger partial charge is 0.497 e. The van der Waals surface area contributed by atoms with Gasteiger partial charge in [0.05, 0.1) is 7.11 Å². The first-order valence-corrected chi connectivity index (χ1v) is 8.17. The van der Waals surface area contributed by atoms with Crippen molar-refractivity contribution in [3.63, 3.8) is 0 Å². The number of ether oxygens (including phenoxy) is 2. The van der Waals surface area contributed by atoms with E-state index in [1.807, 2.05) is 0 Å². The Morgan fingerprint density at radius 1 is 1.18 bits per heavy atom. The minimum atomic E-state index is -1.78. The van der Waals surface area contributed by atoms with Gasteiger partial charge in [0.1, 0.15) is 11.5 Å². The van der Waals surface area contributed by atoms with Crippen molar-refractivity contribution in [2.24, 2.45) is 0 Å². The fraction of sp³-hybridized carbons (Fsp3) is 0.533. The average molecular weight is 369 g/mol. The third-order valence-corrected chi connectivity index (χ3v) is 3.50. The van der Waals surface area contributed by atoms with Crippen LogP contribution in [-0.2, 0) is 4.79 Å². The van der Waals surface area contributed by atoms with Crippen LogP contribution in [-0.4, -0.2) is 23.0 Å². The molecule has 0 heterocycles. The SMILES string of the molecule is CCCCCC(=O)N[C@H](Oc1ccc(OC)cc1)C(Cl)(Cl)Cl. The zero-order chi connectivity index (χ0) is 16.6. The standard InChI is InChI=1S/C15H20Cl3NO3/c1-3-4-5-6-13(20)19-14(15(16,17)18)22-12-9-7-11(21-2)8-10-12/h7-10,14H,3-6H2,1-2H3,(H,19,20)/t14-/m1/s1. The number of benzene rings is 1. The summed E-state index contributed by atoms with van der Waals surface area (Å²) in [4.78, 5) is 11.9. The van der Waals surface area contributed by atoms with Gasteiger partial charge in [-0.25, -0.2) is 0 Å². The third kappa shape index (κ3) is 6.95. The van der Waals surface area contributed by atoms with Gasteiger partial charge in [-0.1, -0.05) is 54.6 Å². The normalized spacial score (nSPS) is 12.6. The number of rotatable bonds is 8. The van der Waals surface area contributed by atoms with Gasteiger partial charge in [0.25, 0.3) is 0 Å². The summed E-state index contributed by atoms with van der Waals surface area (Å²) in [5, 5.41) is 2.60. The molecule has 7 heteroatoms. The second-order valence-corrected chi connectivity index (χ2v) is 7.11. The Morgan fingerprint density at radius 2 is 1.77 bits per heavy atom. The van der Waals surface area contributed by atoms with Crippen molar-refractivity contribution in [2.75, 3.05) is 7.11 Å². The summed E-state index contributed by atoms with van der Waals surface area (Å²) >= 11 is 17.6. The molecule has 0 saturated carbocycles. The molecule has 1 N–H and O–H groups in total. The average Bonchev–Trinajstić information content (AvgIpc) is 2.46. The van der Waals surface area contributed by atoms with E-state index >= 15 is 0 Å². The van der Waals surface area contributed by atoms with Gasteiger partial charge in [0, 0.05) is 6.42 Å². The van der Waals surface area contributed by atoms with Gasteiger partial charge >= 0.3 is 0 Å². The number of alkyl halides is 3. The van der Waals surface area contributed by atoms with E-state index < -0.39 is 10.0 Å². The summed E-state index contributed by atoms with van der Waals surface area (Å²) in [5.74, 6) is 0.936. The number of nitrogens with one attached hydrogen (secondary N) is 1. The number of halogens is 3. The molecule has 1 atom stereocenters. The molecule has 0 aliphatic carbocycles. The van der Waals surface area contributed by atoms with Crippen LogP contribution >= 0.6 is 34.8 Å².